The molecule has 0 atom stereocenters. The van der Waals surface area contributed by atoms with Crippen LogP contribution in [-0.4, -0.2) is 19.3 Å². The van der Waals surface area contributed by atoms with E-state index < -0.39 is 0 Å². The standard InChI is InChI=1S/C19H19FN4O2/c1-2-22-19(24-11-15-7-13(9-21)3-5-16(15)20)23-10-14-4-6-17-18(8-14)26-12-25-17/h3-8H,2,10-12H2,1H3,(H2,22,23,24). The number of aliphatic imine (C=N–C) groups is 1. The Labute approximate surface area is 151 Å². The number of fused-ring (bicyclic) bond motifs is 1. The molecule has 3 rings (SSSR count). The van der Waals surface area contributed by atoms with Crippen LogP contribution in [0.5, 0.6) is 11.5 Å². The zero-order valence-electron chi connectivity index (χ0n) is 14.4. The number of hydrogen-bond acceptors (Lipinski definition) is 4. The Morgan fingerprint density at radius 2 is 2.04 bits per heavy atom. The van der Waals surface area contributed by atoms with Crippen LogP contribution in [0, 0.1) is 17.1 Å². The Hall–Kier alpha value is -3.27. The summed E-state index contributed by atoms with van der Waals surface area (Å²) in [4.78, 5) is 4.51. The van der Waals surface area contributed by atoms with Crippen LogP contribution in [0.3, 0.4) is 0 Å². The zero-order chi connectivity index (χ0) is 18.4. The zero-order valence-corrected chi connectivity index (χ0v) is 14.4. The third kappa shape index (κ3) is 4.22. The van der Waals surface area contributed by atoms with Crippen LogP contribution in [0.4, 0.5) is 4.39 Å². The molecule has 0 amide bonds. The average Bonchev–Trinajstić information content (AvgIpc) is 3.13. The van der Waals surface area contributed by atoms with Crippen molar-refractivity contribution in [3.05, 3.63) is 58.9 Å². The second kappa shape index (κ2) is 8.21. The largest absolute Gasteiger partial charge is 0.454 e. The topological polar surface area (TPSA) is 78.7 Å². The summed E-state index contributed by atoms with van der Waals surface area (Å²) in [5.74, 6) is 1.65. The summed E-state index contributed by atoms with van der Waals surface area (Å²) < 4.78 is 24.5. The minimum Gasteiger partial charge on any atom is -0.454 e. The van der Waals surface area contributed by atoms with E-state index in [1.54, 1.807) is 0 Å². The molecule has 0 bridgehead atoms. The molecule has 1 aliphatic rings. The van der Waals surface area contributed by atoms with Gasteiger partial charge in [-0.2, -0.15) is 5.26 Å². The van der Waals surface area contributed by atoms with Crippen molar-refractivity contribution >= 4 is 5.96 Å². The van der Waals surface area contributed by atoms with Crippen molar-refractivity contribution < 1.29 is 13.9 Å². The summed E-state index contributed by atoms with van der Waals surface area (Å²) in [6.07, 6.45) is 0. The van der Waals surface area contributed by atoms with E-state index in [1.807, 2.05) is 31.2 Å². The molecule has 2 N–H and O–H groups in total. The lowest BCUT2D eigenvalue weighted by atomic mass is 10.1. The van der Waals surface area contributed by atoms with Crippen LogP contribution < -0.4 is 20.1 Å². The lowest BCUT2D eigenvalue weighted by molar-refractivity contribution is 0.174. The Bertz CT molecular complexity index is 861. The first-order valence-electron chi connectivity index (χ1n) is 8.29. The van der Waals surface area contributed by atoms with Gasteiger partial charge in [0.25, 0.3) is 0 Å². The van der Waals surface area contributed by atoms with Crippen LogP contribution in [-0.2, 0) is 13.1 Å². The molecule has 0 fully saturated rings. The van der Waals surface area contributed by atoms with Gasteiger partial charge in [0.2, 0.25) is 6.79 Å². The normalized spacial score (nSPS) is 12.6. The molecule has 1 aliphatic heterocycles. The molecule has 0 aliphatic carbocycles. The maximum atomic E-state index is 13.9. The molecule has 0 aromatic heterocycles. The fourth-order valence-electron chi connectivity index (χ4n) is 2.51. The predicted octanol–water partition coefficient (Wildman–Crippen LogP) is 2.68. The summed E-state index contributed by atoms with van der Waals surface area (Å²) in [6, 6.07) is 12.0. The predicted molar refractivity (Wildman–Crippen MR) is 95.3 cm³/mol. The van der Waals surface area contributed by atoms with Crippen molar-refractivity contribution in [1.29, 1.82) is 5.26 Å². The maximum Gasteiger partial charge on any atom is 0.231 e. The van der Waals surface area contributed by atoms with E-state index in [0.717, 1.165) is 11.3 Å². The molecule has 2 aromatic carbocycles. The van der Waals surface area contributed by atoms with Gasteiger partial charge in [0.05, 0.1) is 18.2 Å². The van der Waals surface area contributed by atoms with E-state index >= 15 is 0 Å². The summed E-state index contributed by atoms with van der Waals surface area (Å²) in [7, 11) is 0. The van der Waals surface area contributed by atoms with E-state index in [4.69, 9.17) is 14.7 Å². The molecular weight excluding hydrogens is 335 g/mol. The number of rotatable bonds is 5. The number of hydrogen-bond donors (Lipinski definition) is 2. The second-order valence-electron chi connectivity index (χ2n) is 5.65. The van der Waals surface area contributed by atoms with Gasteiger partial charge in [0.15, 0.2) is 17.5 Å². The van der Waals surface area contributed by atoms with Gasteiger partial charge in [-0.1, -0.05) is 6.07 Å². The third-order valence-corrected chi connectivity index (χ3v) is 3.82. The lowest BCUT2D eigenvalue weighted by Gasteiger charge is -2.12. The number of nitriles is 1. The highest BCUT2D eigenvalue weighted by molar-refractivity contribution is 5.79. The van der Waals surface area contributed by atoms with Crippen LogP contribution in [0.15, 0.2) is 41.4 Å². The molecule has 0 unspecified atom stereocenters. The van der Waals surface area contributed by atoms with Crippen molar-refractivity contribution in [2.45, 2.75) is 20.0 Å². The van der Waals surface area contributed by atoms with Gasteiger partial charge in [0.1, 0.15) is 5.82 Å². The molecular formula is C19H19FN4O2. The molecule has 26 heavy (non-hydrogen) atoms. The smallest absolute Gasteiger partial charge is 0.231 e. The van der Waals surface area contributed by atoms with E-state index in [-0.39, 0.29) is 19.2 Å². The van der Waals surface area contributed by atoms with Crippen molar-refractivity contribution in [1.82, 2.24) is 10.6 Å². The van der Waals surface area contributed by atoms with Crippen LogP contribution in [0.25, 0.3) is 0 Å². The van der Waals surface area contributed by atoms with Crippen LogP contribution in [0.2, 0.25) is 0 Å². The SMILES string of the molecule is CCNC(=NCc1ccc2c(c1)OCO2)NCc1cc(C#N)ccc1F. The van der Waals surface area contributed by atoms with E-state index in [2.05, 4.69) is 15.6 Å². The van der Waals surface area contributed by atoms with E-state index in [0.29, 0.717) is 35.9 Å². The van der Waals surface area contributed by atoms with Crippen molar-refractivity contribution in [3.63, 3.8) is 0 Å². The highest BCUT2D eigenvalue weighted by Gasteiger charge is 2.13. The first-order chi connectivity index (χ1) is 12.7. The maximum absolute atomic E-state index is 13.9. The third-order valence-electron chi connectivity index (χ3n) is 3.82. The Morgan fingerprint density at radius 3 is 2.85 bits per heavy atom. The number of guanidine groups is 1. The summed E-state index contributed by atoms with van der Waals surface area (Å²) >= 11 is 0. The minimum absolute atomic E-state index is 0.230. The molecule has 0 radical (unpaired) electrons. The van der Waals surface area contributed by atoms with Gasteiger partial charge in [-0.3, -0.25) is 0 Å². The van der Waals surface area contributed by atoms with Gasteiger partial charge in [0, 0.05) is 18.7 Å². The molecule has 6 nitrogen and oxygen atoms in total. The first-order valence-corrected chi connectivity index (χ1v) is 8.29. The average molecular weight is 354 g/mol. The highest BCUT2D eigenvalue weighted by atomic mass is 19.1. The van der Waals surface area contributed by atoms with Crippen LogP contribution in [0.1, 0.15) is 23.6 Å². The molecule has 2 aromatic rings. The Morgan fingerprint density at radius 1 is 1.19 bits per heavy atom. The Balaban J connectivity index is 1.67. The number of ether oxygens (including phenoxy) is 2. The van der Waals surface area contributed by atoms with Gasteiger partial charge in [-0.15, -0.1) is 0 Å². The molecule has 134 valence electrons. The number of nitrogens with one attached hydrogen (secondary N) is 2. The summed E-state index contributed by atoms with van der Waals surface area (Å²) in [6.45, 7) is 3.53. The van der Waals surface area contributed by atoms with Gasteiger partial charge in [-0.25, -0.2) is 9.38 Å². The number of nitrogens with zero attached hydrogens (tertiary/aromatic N) is 2. The Kier molecular flexibility index (Phi) is 5.54. The van der Waals surface area contributed by atoms with Gasteiger partial charge >= 0.3 is 0 Å². The quantitative estimate of drug-likeness (QED) is 0.638. The lowest BCUT2D eigenvalue weighted by Crippen LogP contribution is -2.37. The molecule has 0 saturated carbocycles. The van der Waals surface area contributed by atoms with Gasteiger partial charge in [-0.05, 0) is 42.8 Å². The van der Waals surface area contributed by atoms with Gasteiger partial charge < -0.3 is 20.1 Å². The molecule has 0 spiro atoms. The first kappa shape index (κ1) is 17.5. The summed E-state index contributed by atoms with van der Waals surface area (Å²) in [5.41, 5.74) is 1.81. The number of halogens is 1. The summed E-state index contributed by atoms with van der Waals surface area (Å²) in [5, 5.41) is 15.1. The second-order valence-corrected chi connectivity index (χ2v) is 5.65. The van der Waals surface area contributed by atoms with E-state index in [1.165, 1.54) is 18.2 Å². The number of benzene rings is 2. The fraction of sp³-hybridized carbons (Fsp3) is 0.263. The van der Waals surface area contributed by atoms with Crippen LogP contribution >= 0.6 is 0 Å². The minimum atomic E-state index is -0.358. The monoisotopic (exact) mass is 354 g/mol. The molecule has 1 heterocycles. The van der Waals surface area contributed by atoms with Crippen molar-refractivity contribution in [3.8, 4) is 17.6 Å². The highest BCUT2D eigenvalue weighted by Crippen LogP contribution is 2.32. The van der Waals surface area contributed by atoms with Crippen molar-refractivity contribution in [2.75, 3.05) is 13.3 Å². The van der Waals surface area contributed by atoms with Crippen molar-refractivity contribution in [2.24, 2.45) is 4.99 Å². The van der Waals surface area contributed by atoms with E-state index in [9.17, 15) is 4.39 Å². The molecule has 0 saturated heterocycles. The molecule has 7 heteroatoms. The fourth-order valence-corrected chi connectivity index (χ4v) is 2.51.